The van der Waals surface area contributed by atoms with Crippen molar-refractivity contribution in [3.63, 3.8) is 0 Å². The van der Waals surface area contributed by atoms with Gasteiger partial charge in [-0.1, -0.05) is 50.6 Å². The minimum absolute atomic E-state index is 0.0219. The molecule has 0 N–H and O–H groups in total. The van der Waals surface area contributed by atoms with E-state index in [9.17, 15) is 23.3 Å². The fourth-order valence-electron chi connectivity index (χ4n) is 5.29. The van der Waals surface area contributed by atoms with Crippen LogP contribution in [0.4, 0.5) is 0 Å². The summed E-state index contributed by atoms with van der Waals surface area (Å²) in [5.41, 5.74) is 3.06. The smallest absolute Gasteiger partial charge is 0.271 e. The lowest BCUT2D eigenvalue weighted by molar-refractivity contribution is -0.141. The maximum atomic E-state index is 13.6. The van der Waals surface area contributed by atoms with E-state index in [1.807, 2.05) is 50.2 Å². The van der Waals surface area contributed by atoms with Crippen LogP contribution in [-0.4, -0.2) is 58.9 Å². The highest BCUT2D eigenvalue weighted by Gasteiger charge is 2.36. The molecule has 0 radical (unpaired) electrons. The third kappa shape index (κ3) is 5.58. The lowest BCUT2D eigenvalue weighted by Crippen LogP contribution is -2.44. The van der Waals surface area contributed by atoms with Crippen LogP contribution in [0.5, 0.6) is 0 Å². The molecule has 1 saturated heterocycles. The molecule has 1 fully saturated rings. The molecule has 2 amide bonds. The minimum Gasteiger partial charge on any atom is -0.273 e. The summed E-state index contributed by atoms with van der Waals surface area (Å²) in [4.78, 5) is 27.9. The number of hydrogen-bond acceptors (Lipinski definition) is 6. The largest absolute Gasteiger partial charge is 0.273 e. The number of imide groups is 1. The molecular weight excluding hydrogens is 550 g/mol. The first-order chi connectivity index (χ1) is 20.1. The summed E-state index contributed by atoms with van der Waals surface area (Å²) < 4.78 is 29.7. The fraction of sp³-hybridized carbons (Fsp3) is 0.312. The molecule has 5 rings (SSSR count). The number of nitrogens with zero attached hydrogens (tertiary/aromatic N) is 5. The molecule has 2 aliphatic rings. The SMILES string of the molecule is CC1=C(C#N)C(=O)N(CC(C)C)C(=O)/C1=C/c1cn(-c2ccccc2)nc1-c1ccc(S(=O)(=O)N2CCCCC2)cc1. The standard InChI is InChI=1S/C32H33N5O4S/c1-22(2)20-36-31(38)28(23(3)29(19-33)32(36)39)18-25-21-37(26-10-6-4-7-11-26)34-30(25)24-12-14-27(15-13-24)42(40,41)35-16-8-5-9-17-35/h4,6-7,10-15,18,21-22H,5,8-9,16-17,20H2,1-3H3/b28-18+. The lowest BCUT2D eigenvalue weighted by atomic mass is 9.92. The molecule has 2 aliphatic heterocycles. The summed E-state index contributed by atoms with van der Waals surface area (Å²) in [6.07, 6.45) is 6.18. The van der Waals surface area contributed by atoms with Crippen LogP contribution >= 0.6 is 0 Å². The van der Waals surface area contributed by atoms with Crippen molar-refractivity contribution in [3.05, 3.63) is 83.1 Å². The van der Waals surface area contributed by atoms with Crippen LogP contribution in [0, 0.1) is 17.2 Å². The van der Waals surface area contributed by atoms with E-state index < -0.39 is 21.8 Å². The fourth-order valence-corrected chi connectivity index (χ4v) is 6.80. The number of rotatable bonds is 7. The number of benzene rings is 2. The maximum Gasteiger partial charge on any atom is 0.271 e. The molecule has 2 aromatic carbocycles. The number of sulfonamides is 1. The van der Waals surface area contributed by atoms with Crippen molar-refractivity contribution in [2.75, 3.05) is 19.6 Å². The van der Waals surface area contributed by atoms with E-state index in [1.54, 1.807) is 48.1 Å². The molecule has 1 aromatic heterocycles. The molecule has 10 heteroatoms. The van der Waals surface area contributed by atoms with Gasteiger partial charge >= 0.3 is 0 Å². The Morgan fingerprint density at radius 3 is 2.26 bits per heavy atom. The van der Waals surface area contributed by atoms with Gasteiger partial charge in [-0.3, -0.25) is 14.5 Å². The zero-order valence-corrected chi connectivity index (χ0v) is 24.8. The molecular formula is C32H33N5O4S. The van der Waals surface area contributed by atoms with Crippen molar-refractivity contribution in [1.82, 2.24) is 19.0 Å². The first-order valence-corrected chi connectivity index (χ1v) is 15.5. The highest BCUT2D eigenvalue weighted by Crippen LogP contribution is 2.32. The zero-order chi connectivity index (χ0) is 30.0. The Balaban J connectivity index is 1.61. The Bertz CT molecular complexity index is 1720. The van der Waals surface area contributed by atoms with E-state index >= 15 is 0 Å². The Morgan fingerprint density at radius 2 is 1.64 bits per heavy atom. The summed E-state index contributed by atoms with van der Waals surface area (Å²) in [7, 11) is -3.60. The topological polar surface area (TPSA) is 116 Å². The monoisotopic (exact) mass is 583 g/mol. The average molecular weight is 584 g/mol. The average Bonchev–Trinajstić information content (AvgIpc) is 3.42. The molecule has 3 aromatic rings. The van der Waals surface area contributed by atoms with Crippen molar-refractivity contribution < 1.29 is 18.0 Å². The highest BCUT2D eigenvalue weighted by molar-refractivity contribution is 7.89. The van der Waals surface area contributed by atoms with Crippen LogP contribution in [0.15, 0.2) is 82.4 Å². The zero-order valence-electron chi connectivity index (χ0n) is 23.9. The van der Waals surface area contributed by atoms with Crippen LogP contribution < -0.4 is 0 Å². The van der Waals surface area contributed by atoms with Gasteiger partial charge in [-0.15, -0.1) is 0 Å². The van der Waals surface area contributed by atoms with Gasteiger partial charge in [0.05, 0.1) is 16.3 Å². The van der Waals surface area contributed by atoms with Crippen LogP contribution in [0.25, 0.3) is 23.0 Å². The Labute approximate surface area is 246 Å². The lowest BCUT2D eigenvalue weighted by Gasteiger charge is -2.28. The van der Waals surface area contributed by atoms with Gasteiger partial charge in [-0.25, -0.2) is 13.1 Å². The number of amides is 2. The Kier molecular flexibility index (Phi) is 8.25. The highest BCUT2D eigenvalue weighted by atomic mass is 32.2. The Hall–Kier alpha value is -4.33. The van der Waals surface area contributed by atoms with Gasteiger partial charge in [0.15, 0.2) is 0 Å². The van der Waals surface area contributed by atoms with Gasteiger partial charge in [0.25, 0.3) is 11.8 Å². The van der Waals surface area contributed by atoms with Gasteiger partial charge in [-0.2, -0.15) is 14.7 Å². The number of hydrogen-bond donors (Lipinski definition) is 0. The number of piperidine rings is 1. The second-order valence-electron chi connectivity index (χ2n) is 11.0. The van der Waals surface area contributed by atoms with E-state index in [0.29, 0.717) is 35.5 Å². The quantitative estimate of drug-likeness (QED) is 0.287. The van der Waals surface area contributed by atoms with Gasteiger partial charge in [0.2, 0.25) is 10.0 Å². The molecule has 0 spiro atoms. The molecule has 0 unspecified atom stereocenters. The van der Waals surface area contributed by atoms with Crippen molar-refractivity contribution in [3.8, 4) is 23.0 Å². The summed E-state index contributed by atoms with van der Waals surface area (Å²) in [6, 6.07) is 18.1. The maximum absolute atomic E-state index is 13.6. The van der Waals surface area contributed by atoms with Crippen LogP contribution in [-0.2, 0) is 19.6 Å². The molecule has 0 bridgehead atoms. The predicted octanol–water partition coefficient (Wildman–Crippen LogP) is 4.96. The second kappa shape index (κ2) is 11.9. The molecule has 0 aliphatic carbocycles. The molecule has 42 heavy (non-hydrogen) atoms. The minimum atomic E-state index is -3.60. The molecule has 9 nitrogen and oxygen atoms in total. The summed E-state index contributed by atoms with van der Waals surface area (Å²) in [5, 5.41) is 14.6. The van der Waals surface area contributed by atoms with Crippen molar-refractivity contribution in [1.29, 1.82) is 5.26 Å². The number of aromatic nitrogens is 2. The molecule has 0 saturated carbocycles. The van der Waals surface area contributed by atoms with Crippen LogP contribution in [0.1, 0.15) is 45.6 Å². The van der Waals surface area contributed by atoms with E-state index in [2.05, 4.69) is 0 Å². The van der Waals surface area contributed by atoms with Crippen LogP contribution in [0.3, 0.4) is 0 Å². The number of para-hydroxylation sites is 1. The third-order valence-electron chi connectivity index (χ3n) is 7.52. The number of carbonyl (C=O) groups is 2. The summed E-state index contributed by atoms with van der Waals surface area (Å²) in [5.74, 6) is -1.03. The van der Waals surface area contributed by atoms with Crippen molar-refractivity contribution in [2.24, 2.45) is 5.92 Å². The second-order valence-corrected chi connectivity index (χ2v) is 12.9. The van der Waals surface area contributed by atoms with Gasteiger partial charge < -0.3 is 0 Å². The summed E-state index contributed by atoms with van der Waals surface area (Å²) >= 11 is 0. The van der Waals surface area contributed by atoms with Gasteiger partial charge in [-0.05, 0) is 61.6 Å². The normalized spacial score (nSPS) is 17.8. The van der Waals surface area contributed by atoms with Crippen molar-refractivity contribution >= 4 is 27.9 Å². The Morgan fingerprint density at radius 1 is 0.976 bits per heavy atom. The first-order valence-electron chi connectivity index (χ1n) is 14.1. The van der Waals surface area contributed by atoms with E-state index in [-0.39, 0.29) is 28.5 Å². The first kappa shape index (κ1) is 29.2. The summed E-state index contributed by atoms with van der Waals surface area (Å²) in [6.45, 7) is 6.64. The molecule has 0 atom stereocenters. The third-order valence-corrected chi connectivity index (χ3v) is 9.43. The van der Waals surface area contributed by atoms with Gasteiger partial charge in [0, 0.05) is 42.5 Å². The van der Waals surface area contributed by atoms with E-state index in [4.69, 9.17) is 5.10 Å². The van der Waals surface area contributed by atoms with Crippen LogP contribution in [0.2, 0.25) is 0 Å². The number of carbonyl (C=O) groups excluding carboxylic acids is 2. The van der Waals surface area contributed by atoms with E-state index in [0.717, 1.165) is 29.8 Å². The predicted molar refractivity (Wildman–Crippen MR) is 159 cm³/mol. The van der Waals surface area contributed by atoms with Gasteiger partial charge in [0.1, 0.15) is 11.6 Å². The molecule has 3 heterocycles. The van der Waals surface area contributed by atoms with E-state index in [1.165, 1.54) is 4.31 Å². The molecule has 216 valence electrons. The number of nitriles is 1. The van der Waals surface area contributed by atoms with Crippen molar-refractivity contribution in [2.45, 2.75) is 44.9 Å².